The molecule has 1 aliphatic heterocycles. The fraction of sp³-hybridized carbons (Fsp3) is 0.391. The predicted molar refractivity (Wildman–Crippen MR) is 123 cm³/mol. The molecule has 3 aromatic rings. The summed E-state index contributed by atoms with van der Waals surface area (Å²) in [6, 6.07) is 10.3. The first-order valence-corrected chi connectivity index (χ1v) is 10.7. The molecule has 11 heteroatoms. The molecule has 1 aromatic carbocycles. The molecule has 0 radical (unpaired) electrons. The van der Waals surface area contributed by atoms with Gasteiger partial charge in [-0.25, -0.2) is 4.98 Å². The van der Waals surface area contributed by atoms with Crippen molar-refractivity contribution >= 4 is 12.9 Å². The molecule has 1 fully saturated rings. The molecule has 2 aromatic heterocycles. The molecule has 184 valence electrons. The number of imidazole rings is 1. The van der Waals surface area contributed by atoms with Gasteiger partial charge >= 0.3 is 0 Å². The number of hydrogen-bond donors (Lipinski definition) is 4. The average Bonchev–Trinajstić information content (AvgIpc) is 3.54. The van der Waals surface area contributed by atoms with Crippen molar-refractivity contribution in [1.29, 1.82) is 0 Å². The van der Waals surface area contributed by atoms with Gasteiger partial charge in [-0.3, -0.25) is 19.6 Å². The Labute approximate surface area is 197 Å². The SMILES string of the molecule is Cc1cc(C[C@@H]2CN(Cc3ccc(OCCn4ccnc4)cc3)C[C@H]2O)n[nH]1.O=CO.O=CO. The van der Waals surface area contributed by atoms with E-state index in [2.05, 4.69) is 38.3 Å². The quantitative estimate of drug-likeness (QED) is 0.356. The van der Waals surface area contributed by atoms with E-state index in [0.717, 1.165) is 43.2 Å². The van der Waals surface area contributed by atoms with Crippen LogP contribution in [-0.2, 0) is 29.1 Å². The van der Waals surface area contributed by atoms with Crippen LogP contribution in [0.4, 0.5) is 0 Å². The molecule has 4 N–H and O–H groups in total. The minimum atomic E-state index is -0.303. The van der Waals surface area contributed by atoms with Crippen LogP contribution in [0.5, 0.6) is 5.75 Å². The number of hydrogen-bond acceptors (Lipinski definition) is 7. The molecule has 0 saturated carbocycles. The van der Waals surface area contributed by atoms with Crippen LogP contribution in [-0.4, -0.2) is 78.7 Å². The van der Waals surface area contributed by atoms with Gasteiger partial charge in [0.1, 0.15) is 12.4 Å². The minimum Gasteiger partial charge on any atom is -0.492 e. The summed E-state index contributed by atoms with van der Waals surface area (Å²) in [6.45, 7) is 5.32. The van der Waals surface area contributed by atoms with Gasteiger partial charge in [-0.1, -0.05) is 12.1 Å². The average molecular weight is 474 g/mol. The number of aliphatic hydroxyl groups excluding tert-OH is 1. The van der Waals surface area contributed by atoms with Gasteiger partial charge in [-0.2, -0.15) is 5.10 Å². The van der Waals surface area contributed by atoms with Gasteiger partial charge in [0.25, 0.3) is 12.9 Å². The molecule has 0 aliphatic carbocycles. The maximum absolute atomic E-state index is 10.4. The van der Waals surface area contributed by atoms with E-state index in [1.165, 1.54) is 5.56 Å². The third kappa shape index (κ3) is 9.04. The van der Waals surface area contributed by atoms with Crippen molar-refractivity contribution in [1.82, 2.24) is 24.6 Å². The topological polar surface area (TPSA) is 154 Å². The normalized spacial score (nSPS) is 17.1. The van der Waals surface area contributed by atoms with Crippen molar-refractivity contribution < 1.29 is 29.6 Å². The van der Waals surface area contributed by atoms with Gasteiger partial charge in [-0.15, -0.1) is 0 Å². The number of likely N-dealkylation sites (tertiary alicyclic amines) is 1. The van der Waals surface area contributed by atoms with Crippen molar-refractivity contribution in [2.45, 2.75) is 32.5 Å². The van der Waals surface area contributed by atoms with Crippen molar-refractivity contribution in [3.05, 3.63) is 66.0 Å². The molecule has 0 unspecified atom stereocenters. The third-order valence-electron chi connectivity index (χ3n) is 5.22. The first-order chi connectivity index (χ1) is 16.5. The fourth-order valence-electron chi connectivity index (χ4n) is 3.76. The highest BCUT2D eigenvalue weighted by Gasteiger charge is 2.31. The Hall–Kier alpha value is -3.70. The number of ether oxygens (including phenoxy) is 1. The zero-order chi connectivity index (χ0) is 24.8. The lowest BCUT2D eigenvalue weighted by molar-refractivity contribution is -0.123. The Bertz CT molecular complexity index is 955. The van der Waals surface area contributed by atoms with E-state index in [0.29, 0.717) is 13.2 Å². The number of aromatic nitrogens is 4. The second-order valence-corrected chi connectivity index (χ2v) is 7.77. The largest absolute Gasteiger partial charge is 0.492 e. The van der Waals surface area contributed by atoms with E-state index in [9.17, 15) is 5.11 Å². The molecule has 34 heavy (non-hydrogen) atoms. The van der Waals surface area contributed by atoms with E-state index in [-0.39, 0.29) is 25.0 Å². The van der Waals surface area contributed by atoms with Crippen LogP contribution in [0.15, 0.2) is 49.1 Å². The number of β-amino-alcohol motifs (C(OH)–C–C–N with tert-alkyl or cyclic N) is 1. The Morgan fingerprint density at radius 3 is 2.47 bits per heavy atom. The molecule has 0 spiro atoms. The van der Waals surface area contributed by atoms with Crippen LogP contribution in [0.2, 0.25) is 0 Å². The Kier molecular flexibility index (Phi) is 11.3. The molecule has 1 saturated heterocycles. The summed E-state index contributed by atoms with van der Waals surface area (Å²) in [6.07, 6.45) is 5.99. The highest BCUT2D eigenvalue weighted by Crippen LogP contribution is 2.23. The zero-order valence-electron chi connectivity index (χ0n) is 19.0. The van der Waals surface area contributed by atoms with E-state index in [1.807, 2.05) is 29.8 Å². The lowest BCUT2D eigenvalue weighted by atomic mass is 10.0. The highest BCUT2D eigenvalue weighted by molar-refractivity contribution is 5.33. The highest BCUT2D eigenvalue weighted by atomic mass is 16.5. The van der Waals surface area contributed by atoms with E-state index < -0.39 is 0 Å². The monoisotopic (exact) mass is 473 g/mol. The fourth-order valence-corrected chi connectivity index (χ4v) is 3.76. The number of carbonyl (C=O) groups is 2. The number of carboxylic acid groups (broad SMARTS) is 2. The maximum atomic E-state index is 10.4. The summed E-state index contributed by atoms with van der Waals surface area (Å²) < 4.78 is 7.79. The number of aryl methyl sites for hydroxylation is 1. The lowest BCUT2D eigenvalue weighted by Crippen LogP contribution is -2.21. The number of rotatable bonds is 8. The van der Waals surface area contributed by atoms with Crippen molar-refractivity contribution in [3.8, 4) is 5.75 Å². The van der Waals surface area contributed by atoms with Gasteiger partial charge in [0, 0.05) is 43.6 Å². The number of nitrogens with zero attached hydrogens (tertiary/aromatic N) is 4. The maximum Gasteiger partial charge on any atom is 0.290 e. The van der Waals surface area contributed by atoms with Gasteiger partial charge < -0.3 is 24.6 Å². The summed E-state index contributed by atoms with van der Waals surface area (Å²) in [4.78, 5) is 23.1. The smallest absolute Gasteiger partial charge is 0.290 e. The Balaban J connectivity index is 0.000000618. The number of benzene rings is 1. The standard InChI is InChI=1S/C21H27N5O2.2CH2O2/c1-16-10-19(24-23-16)11-18-13-26(14-21(18)27)12-17-2-4-20(5-3-17)28-9-8-25-7-6-22-15-25;2*2-1-3/h2-7,10,15,18,21,27H,8-9,11-14H2,1H3,(H,23,24);2*1H,(H,2,3)/t18-,21-;;/m1../s1. The molecule has 0 bridgehead atoms. The van der Waals surface area contributed by atoms with Gasteiger partial charge in [0.15, 0.2) is 0 Å². The van der Waals surface area contributed by atoms with Crippen molar-refractivity contribution in [3.63, 3.8) is 0 Å². The summed E-state index contributed by atoms with van der Waals surface area (Å²) in [5.41, 5.74) is 3.32. The zero-order valence-corrected chi connectivity index (χ0v) is 19.0. The molecule has 2 atom stereocenters. The summed E-state index contributed by atoms with van der Waals surface area (Å²) in [7, 11) is 0. The molecular formula is C23H31N5O6. The molecule has 1 aliphatic rings. The minimum absolute atomic E-state index is 0.230. The predicted octanol–water partition coefficient (Wildman–Crippen LogP) is 1.43. The first-order valence-electron chi connectivity index (χ1n) is 10.7. The Morgan fingerprint density at radius 1 is 1.18 bits per heavy atom. The summed E-state index contributed by atoms with van der Waals surface area (Å²) >= 11 is 0. The van der Waals surface area contributed by atoms with Crippen LogP contribution in [0.1, 0.15) is 17.0 Å². The van der Waals surface area contributed by atoms with Gasteiger partial charge in [-0.05, 0) is 37.1 Å². The van der Waals surface area contributed by atoms with E-state index >= 15 is 0 Å². The van der Waals surface area contributed by atoms with Gasteiger partial charge in [0.05, 0.1) is 24.7 Å². The number of aromatic amines is 1. The number of aliphatic hydroxyl groups is 1. The number of nitrogens with one attached hydrogen (secondary N) is 1. The molecule has 3 heterocycles. The molecule has 4 rings (SSSR count). The van der Waals surface area contributed by atoms with Crippen LogP contribution in [0.25, 0.3) is 0 Å². The molecular weight excluding hydrogens is 442 g/mol. The van der Waals surface area contributed by atoms with E-state index in [4.69, 9.17) is 24.5 Å². The van der Waals surface area contributed by atoms with Crippen molar-refractivity contribution in [2.75, 3.05) is 19.7 Å². The summed E-state index contributed by atoms with van der Waals surface area (Å²) in [5, 5.41) is 31.5. The molecule has 0 amide bonds. The number of H-pyrrole nitrogens is 1. The van der Waals surface area contributed by atoms with Gasteiger partial charge in [0.2, 0.25) is 0 Å². The first kappa shape index (κ1) is 26.6. The lowest BCUT2D eigenvalue weighted by Gasteiger charge is -2.16. The van der Waals surface area contributed by atoms with Crippen LogP contribution in [0, 0.1) is 12.8 Å². The second kappa shape index (κ2) is 14.4. The van der Waals surface area contributed by atoms with Crippen LogP contribution < -0.4 is 4.74 Å². The Morgan fingerprint density at radius 2 is 1.88 bits per heavy atom. The van der Waals surface area contributed by atoms with E-state index in [1.54, 1.807) is 12.5 Å². The summed E-state index contributed by atoms with van der Waals surface area (Å²) in [5.74, 6) is 1.10. The van der Waals surface area contributed by atoms with Crippen molar-refractivity contribution in [2.24, 2.45) is 5.92 Å². The second-order valence-electron chi connectivity index (χ2n) is 7.77. The third-order valence-corrected chi connectivity index (χ3v) is 5.22. The van der Waals surface area contributed by atoms with Crippen LogP contribution in [0.3, 0.4) is 0 Å². The van der Waals surface area contributed by atoms with Crippen LogP contribution >= 0.6 is 0 Å². The molecule has 11 nitrogen and oxygen atoms in total.